The Hall–Kier alpha value is -2.37. The van der Waals surface area contributed by atoms with Gasteiger partial charge in [0.05, 0.1) is 5.60 Å². The molecule has 1 N–H and O–H groups in total. The van der Waals surface area contributed by atoms with Crippen LogP contribution in [-0.4, -0.2) is 61.3 Å². The minimum Gasteiger partial charge on any atom is -0.390 e. The van der Waals surface area contributed by atoms with Crippen molar-refractivity contribution in [2.45, 2.75) is 38.7 Å². The Morgan fingerprint density at radius 3 is 2.32 bits per heavy atom. The van der Waals surface area contributed by atoms with Crippen molar-refractivity contribution in [1.82, 2.24) is 4.90 Å². The zero-order valence-electron chi connectivity index (χ0n) is 19.1. The van der Waals surface area contributed by atoms with Crippen molar-refractivity contribution in [3.8, 4) is 0 Å². The summed E-state index contributed by atoms with van der Waals surface area (Å²) < 4.78 is 0. The van der Waals surface area contributed by atoms with Crippen LogP contribution in [-0.2, 0) is 17.6 Å². The van der Waals surface area contributed by atoms with E-state index in [0.29, 0.717) is 6.42 Å². The molecule has 0 bridgehead atoms. The van der Waals surface area contributed by atoms with E-state index < -0.39 is 5.60 Å². The average Bonchev–Trinajstić information content (AvgIpc) is 3.09. The van der Waals surface area contributed by atoms with E-state index in [4.69, 9.17) is 0 Å². The third-order valence-electron chi connectivity index (χ3n) is 6.50. The molecule has 1 atom stereocenters. The second-order valence-electron chi connectivity index (χ2n) is 9.75. The van der Waals surface area contributed by atoms with E-state index in [1.165, 1.54) is 11.3 Å². The maximum Gasteiger partial charge on any atom is 0.230 e. The molecule has 1 amide bonds. The fraction of sp³-hybridized carbons (Fsp3) is 0.500. The summed E-state index contributed by atoms with van der Waals surface area (Å²) in [6.45, 7) is 8.63. The highest BCUT2D eigenvalue weighted by atomic mass is 16.3. The van der Waals surface area contributed by atoms with E-state index in [0.717, 1.165) is 56.8 Å². The van der Waals surface area contributed by atoms with Gasteiger partial charge >= 0.3 is 0 Å². The normalized spacial score (nSPS) is 20.5. The van der Waals surface area contributed by atoms with E-state index in [1.807, 2.05) is 43.0 Å². The largest absolute Gasteiger partial charge is 0.390 e. The average molecular weight is 422 g/mol. The lowest BCUT2D eigenvalue weighted by Gasteiger charge is -2.35. The predicted octanol–water partition coefficient (Wildman–Crippen LogP) is 3.35. The molecular formula is C26H35N3O2. The van der Waals surface area contributed by atoms with Crippen molar-refractivity contribution >= 4 is 17.3 Å². The summed E-state index contributed by atoms with van der Waals surface area (Å²) in [6, 6.07) is 16.7. The van der Waals surface area contributed by atoms with Gasteiger partial charge in [-0.1, -0.05) is 30.3 Å². The number of likely N-dealkylation sites (N-methyl/N-ethyl adjacent to an activating group) is 1. The number of hydrogen-bond acceptors (Lipinski definition) is 4. The minimum absolute atomic E-state index is 0.0321. The molecule has 2 aliphatic rings. The summed E-state index contributed by atoms with van der Waals surface area (Å²) in [5.41, 5.74) is 3.89. The van der Waals surface area contributed by atoms with E-state index in [1.54, 1.807) is 0 Å². The molecule has 2 aromatic carbocycles. The molecule has 2 heterocycles. The zero-order chi connectivity index (χ0) is 22.0. The Bertz CT molecular complexity index is 896. The van der Waals surface area contributed by atoms with Gasteiger partial charge in [0.25, 0.3) is 0 Å². The molecule has 0 spiro atoms. The number of aliphatic hydroxyl groups is 1. The molecule has 2 saturated heterocycles. The minimum atomic E-state index is -0.729. The molecule has 0 aliphatic carbocycles. The molecule has 4 rings (SSSR count). The fourth-order valence-electron chi connectivity index (χ4n) is 4.78. The number of rotatable bonds is 6. The highest BCUT2D eigenvalue weighted by Gasteiger charge is 2.33. The molecule has 166 valence electrons. The van der Waals surface area contributed by atoms with Crippen LogP contribution in [0.15, 0.2) is 48.5 Å². The maximum absolute atomic E-state index is 13.2. The van der Waals surface area contributed by atoms with E-state index in [9.17, 15) is 9.90 Å². The standard InChI is InChI=1S/C26H35N3O2/c1-26(2,31)19-20-8-10-23(11-9-20)29-13-12-22(25(29)30)18-21-6-4-5-7-24(21)28-16-14-27(3)15-17-28/h4-11,22,31H,12-19H2,1-3H3. The Balaban J connectivity index is 1.43. The lowest BCUT2D eigenvalue weighted by molar-refractivity contribution is -0.120. The predicted molar refractivity (Wildman–Crippen MR) is 127 cm³/mol. The van der Waals surface area contributed by atoms with Crippen molar-refractivity contribution in [3.05, 3.63) is 59.7 Å². The number of para-hydroxylation sites is 1. The number of benzene rings is 2. The maximum atomic E-state index is 13.2. The first-order valence-corrected chi connectivity index (χ1v) is 11.4. The number of anilines is 2. The van der Waals surface area contributed by atoms with Gasteiger partial charge in [-0.25, -0.2) is 0 Å². The molecule has 2 aliphatic heterocycles. The summed E-state index contributed by atoms with van der Waals surface area (Å²) in [7, 11) is 2.17. The van der Waals surface area contributed by atoms with Crippen LogP contribution in [0.2, 0.25) is 0 Å². The molecular weight excluding hydrogens is 386 g/mol. The smallest absolute Gasteiger partial charge is 0.230 e. The van der Waals surface area contributed by atoms with Crippen molar-refractivity contribution in [2.24, 2.45) is 5.92 Å². The first-order valence-electron chi connectivity index (χ1n) is 11.4. The summed E-state index contributed by atoms with van der Waals surface area (Å²) >= 11 is 0. The first-order chi connectivity index (χ1) is 14.8. The SMILES string of the molecule is CN1CCN(c2ccccc2CC2CCN(c3ccc(CC(C)(C)O)cc3)C2=O)CC1. The summed E-state index contributed by atoms with van der Waals surface area (Å²) in [4.78, 5) is 20.0. The van der Waals surface area contributed by atoms with Gasteiger partial charge in [0.15, 0.2) is 0 Å². The molecule has 2 aromatic rings. The molecule has 2 fully saturated rings. The van der Waals surface area contributed by atoms with Crippen molar-refractivity contribution in [1.29, 1.82) is 0 Å². The van der Waals surface area contributed by atoms with Crippen LogP contribution < -0.4 is 9.80 Å². The molecule has 0 saturated carbocycles. The summed E-state index contributed by atoms with van der Waals surface area (Å²) in [5.74, 6) is 0.257. The topological polar surface area (TPSA) is 47.0 Å². The summed E-state index contributed by atoms with van der Waals surface area (Å²) in [5, 5.41) is 10.0. The van der Waals surface area contributed by atoms with E-state index in [2.05, 4.69) is 41.1 Å². The lowest BCUT2D eigenvalue weighted by Crippen LogP contribution is -2.44. The van der Waals surface area contributed by atoms with Crippen LogP contribution >= 0.6 is 0 Å². The number of nitrogens with zero attached hydrogens (tertiary/aromatic N) is 3. The second kappa shape index (κ2) is 9.01. The van der Waals surface area contributed by atoms with Gasteiger partial charge in [-0.2, -0.15) is 0 Å². The van der Waals surface area contributed by atoms with Gasteiger partial charge < -0.3 is 19.8 Å². The van der Waals surface area contributed by atoms with E-state index >= 15 is 0 Å². The van der Waals surface area contributed by atoms with Crippen LogP contribution in [0.3, 0.4) is 0 Å². The van der Waals surface area contributed by atoms with Gasteiger partial charge in [-0.15, -0.1) is 0 Å². The molecule has 0 aromatic heterocycles. The van der Waals surface area contributed by atoms with E-state index in [-0.39, 0.29) is 11.8 Å². The number of carbonyl (C=O) groups excluding carboxylic acids is 1. The quantitative estimate of drug-likeness (QED) is 0.777. The van der Waals surface area contributed by atoms with Gasteiger partial charge in [-0.05, 0) is 63.1 Å². The molecule has 1 unspecified atom stereocenters. The van der Waals surface area contributed by atoms with Crippen LogP contribution in [0.5, 0.6) is 0 Å². The highest BCUT2D eigenvalue weighted by molar-refractivity contribution is 5.97. The Morgan fingerprint density at radius 2 is 1.65 bits per heavy atom. The summed E-state index contributed by atoms with van der Waals surface area (Å²) in [6.07, 6.45) is 2.29. The third-order valence-corrected chi connectivity index (χ3v) is 6.50. The number of amides is 1. The number of carbonyl (C=O) groups is 1. The Kier molecular flexibility index (Phi) is 6.35. The molecule has 5 heteroatoms. The first kappa shape index (κ1) is 21.8. The van der Waals surface area contributed by atoms with Gasteiger partial charge in [-0.3, -0.25) is 4.79 Å². The number of hydrogen-bond donors (Lipinski definition) is 1. The van der Waals surface area contributed by atoms with Gasteiger partial charge in [0.2, 0.25) is 5.91 Å². The monoisotopic (exact) mass is 421 g/mol. The lowest BCUT2D eigenvalue weighted by atomic mass is 9.96. The van der Waals surface area contributed by atoms with Gasteiger partial charge in [0.1, 0.15) is 0 Å². The Labute approximate surface area is 186 Å². The van der Waals surface area contributed by atoms with Crippen LogP contribution in [0.4, 0.5) is 11.4 Å². The second-order valence-corrected chi connectivity index (χ2v) is 9.75. The molecule has 5 nitrogen and oxygen atoms in total. The highest BCUT2D eigenvalue weighted by Crippen LogP contribution is 2.31. The van der Waals surface area contributed by atoms with Crippen LogP contribution in [0.1, 0.15) is 31.4 Å². The molecule has 0 radical (unpaired) electrons. The van der Waals surface area contributed by atoms with Crippen molar-refractivity contribution in [3.63, 3.8) is 0 Å². The number of piperazine rings is 1. The Morgan fingerprint density at radius 1 is 0.968 bits per heavy atom. The zero-order valence-corrected chi connectivity index (χ0v) is 19.1. The van der Waals surface area contributed by atoms with Crippen molar-refractivity contribution in [2.75, 3.05) is 49.6 Å². The third kappa shape index (κ3) is 5.28. The van der Waals surface area contributed by atoms with Crippen LogP contribution in [0.25, 0.3) is 0 Å². The fourth-order valence-corrected chi connectivity index (χ4v) is 4.78. The van der Waals surface area contributed by atoms with Crippen LogP contribution in [0, 0.1) is 5.92 Å². The molecule has 31 heavy (non-hydrogen) atoms. The van der Waals surface area contributed by atoms with Crippen molar-refractivity contribution < 1.29 is 9.90 Å². The van der Waals surface area contributed by atoms with Gasteiger partial charge in [0, 0.05) is 56.4 Å².